The van der Waals surface area contributed by atoms with Crippen molar-refractivity contribution in [2.45, 2.75) is 25.5 Å². The van der Waals surface area contributed by atoms with Crippen LogP contribution in [0.2, 0.25) is 5.02 Å². The molecular weight excluding hydrogens is 346 g/mol. The molecule has 1 amide bonds. The fourth-order valence-corrected chi connectivity index (χ4v) is 3.80. The average Bonchev–Trinajstić information content (AvgIpc) is 3.04. The first-order valence-electron chi connectivity index (χ1n) is 7.91. The number of hydrogen-bond donors (Lipinski definition) is 1. The largest absolute Gasteiger partial charge is 0.369 e. The summed E-state index contributed by atoms with van der Waals surface area (Å²) < 4.78 is 5.90. The standard InChI is InChI=1S/C17H20ClN3O2S/c1-11-9-23-15(12-4-2-3-5-13(12)18)8-21(11)17(22)14-10-24-16(20-14)6-7-19/h2-5,10-11,15H,6-9,19H2,1H3. The summed E-state index contributed by atoms with van der Waals surface area (Å²) in [4.78, 5) is 19.1. The Morgan fingerprint density at radius 2 is 2.29 bits per heavy atom. The van der Waals surface area contributed by atoms with Gasteiger partial charge >= 0.3 is 0 Å². The number of nitrogens with zero attached hydrogens (tertiary/aromatic N) is 2. The molecule has 7 heteroatoms. The molecule has 2 atom stereocenters. The quantitative estimate of drug-likeness (QED) is 0.904. The van der Waals surface area contributed by atoms with Crippen LogP contribution in [0.5, 0.6) is 0 Å². The SMILES string of the molecule is CC1COC(c2ccccc2Cl)CN1C(=O)c1csc(CCN)n1. The molecule has 24 heavy (non-hydrogen) atoms. The minimum absolute atomic E-state index is 0.00380. The number of nitrogens with two attached hydrogens (primary N) is 1. The molecule has 1 saturated heterocycles. The Morgan fingerprint density at radius 1 is 1.50 bits per heavy atom. The second kappa shape index (κ2) is 7.61. The predicted molar refractivity (Wildman–Crippen MR) is 95.5 cm³/mol. The number of halogens is 1. The van der Waals surface area contributed by atoms with Crippen molar-refractivity contribution in [1.82, 2.24) is 9.88 Å². The van der Waals surface area contributed by atoms with Gasteiger partial charge in [0.15, 0.2) is 0 Å². The van der Waals surface area contributed by atoms with Gasteiger partial charge < -0.3 is 15.4 Å². The molecular formula is C17H20ClN3O2S. The van der Waals surface area contributed by atoms with Crippen molar-refractivity contribution in [1.29, 1.82) is 0 Å². The summed E-state index contributed by atoms with van der Waals surface area (Å²) in [5.41, 5.74) is 6.94. The van der Waals surface area contributed by atoms with E-state index in [1.165, 1.54) is 11.3 Å². The Balaban J connectivity index is 1.78. The lowest BCUT2D eigenvalue weighted by Gasteiger charge is -2.38. The summed E-state index contributed by atoms with van der Waals surface area (Å²) in [5, 5.41) is 3.35. The number of ether oxygens (including phenoxy) is 1. The van der Waals surface area contributed by atoms with Crippen molar-refractivity contribution in [2.75, 3.05) is 19.7 Å². The molecule has 1 fully saturated rings. The Morgan fingerprint density at radius 3 is 3.04 bits per heavy atom. The van der Waals surface area contributed by atoms with E-state index in [0.717, 1.165) is 10.6 Å². The van der Waals surface area contributed by atoms with Gasteiger partial charge in [-0.3, -0.25) is 4.79 Å². The number of amides is 1. The summed E-state index contributed by atoms with van der Waals surface area (Å²) in [6.07, 6.45) is 0.472. The summed E-state index contributed by atoms with van der Waals surface area (Å²) in [5.74, 6) is -0.0672. The highest BCUT2D eigenvalue weighted by Gasteiger charge is 2.32. The number of benzene rings is 1. The van der Waals surface area contributed by atoms with E-state index < -0.39 is 0 Å². The normalized spacial score (nSPS) is 21.0. The van der Waals surface area contributed by atoms with E-state index in [0.29, 0.717) is 36.8 Å². The lowest BCUT2D eigenvalue weighted by molar-refractivity contribution is -0.0487. The number of aromatic nitrogens is 1. The molecule has 2 heterocycles. The first-order chi connectivity index (χ1) is 11.6. The van der Waals surface area contributed by atoms with Gasteiger partial charge in [-0.15, -0.1) is 11.3 Å². The number of hydrogen-bond acceptors (Lipinski definition) is 5. The van der Waals surface area contributed by atoms with Crippen LogP contribution in [0.25, 0.3) is 0 Å². The summed E-state index contributed by atoms with van der Waals surface area (Å²) in [7, 11) is 0. The number of carbonyl (C=O) groups is 1. The summed E-state index contributed by atoms with van der Waals surface area (Å²) in [6.45, 7) is 3.45. The van der Waals surface area contributed by atoms with Gasteiger partial charge in [0, 0.05) is 22.4 Å². The molecule has 1 aliphatic rings. The van der Waals surface area contributed by atoms with Gasteiger partial charge in [0.1, 0.15) is 11.8 Å². The van der Waals surface area contributed by atoms with Crippen molar-refractivity contribution in [2.24, 2.45) is 5.73 Å². The van der Waals surface area contributed by atoms with E-state index in [1.807, 2.05) is 36.1 Å². The predicted octanol–water partition coefficient (Wildman–Crippen LogP) is 2.90. The monoisotopic (exact) mass is 365 g/mol. The molecule has 0 spiro atoms. The van der Waals surface area contributed by atoms with Crippen molar-refractivity contribution in [3.63, 3.8) is 0 Å². The van der Waals surface area contributed by atoms with Crippen molar-refractivity contribution >= 4 is 28.8 Å². The fraction of sp³-hybridized carbons (Fsp3) is 0.412. The van der Waals surface area contributed by atoms with E-state index in [4.69, 9.17) is 22.1 Å². The van der Waals surface area contributed by atoms with E-state index in [9.17, 15) is 4.79 Å². The molecule has 0 radical (unpaired) electrons. The van der Waals surface area contributed by atoms with Gasteiger partial charge in [-0.25, -0.2) is 4.98 Å². The highest BCUT2D eigenvalue weighted by atomic mass is 35.5. The fourth-order valence-electron chi connectivity index (χ4n) is 2.76. The Labute approximate surface area is 150 Å². The van der Waals surface area contributed by atoms with Gasteiger partial charge in [0.2, 0.25) is 0 Å². The average molecular weight is 366 g/mol. The highest BCUT2D eigenvalue weighted by molar-refractivity contribution is 7.09. The van der Waals surface area contributed by atoms with Crippen LogP contribution in [0.1, 0.15) is 34.1 Å². The molecule has 2 unspecified atom stereocenters. The number of carbonyl (C=O) groups excluding carboxylic acids is 1. The second-order valence-electron chi connectivity index (χ2n) is 5.82. The van der Waals surface area contributed by atoms with E-state index >= 15 is 0 Å². The van der Waals surface area contributed by atoms with Crippen molar-refractivity contribution < 1.29 is 9.53 Å². The van der Waals surface area contributed by atoms with Crippen LogP contribution in [-0.2, 0) is 11.2 Å². The highest BCUT2D eigenvalue weighted by Crippen LogP contribution is 2.30. The third-order valence-electron chi connectivity index (χ3n) is 4.08. The Kier molecular flexibility index (Phi) is 5.50. The minimum atomic E-state index is -0.221. The van der Waals surface area contributed by atoms with E-state index in [1.54, 1.807) is 5.38 Å². The van der Waals surface area contributed by atoms with Crippen molar-refractivity contribution in [3.05, 3.63) is 50.9 Å². The zero-order valence-corrected chi connectivity index (χ0v) is 15.0. The van der Waals surface area contributed by atoms with Gasteiger partial charge in [-0.05, 0) is 19.5 Å². The van der Waals surface area contributed by atoms with Crippen LogP contribution in [0, 0.1) is 0 Å². The third-order valence-corrected chi connectivity index (χ3v) is 5.33. The molecule has 128 valence electrons. The number of rotatable bonds is 4. The third kappa shape index (κ3) is 3.62. The van der Waals surface area contributed by atoms with Crippen LogP contribution in [0.3, 0.4) is 0 Å². The Bertz CT molecular complexity index is 721. The molecule has 0 saturated carbocycles. The first-order valence-corrected chi connectivity index (χ1v) is 9.17. The molecule has 0 aliphatic carbocycles. The second-order valence-corrected chi connectivity index (χ2v) is 7.17. The maximum Gasteiger partial charge on any atom is 0.273 e. The topological polar surface area (TPSA) is 68.5 Å². The summed E-state index contributed by atoms with van der Waals surface area (Å²) >= 11 is 7.75. The number of thiazole rings is 1. The zero-order valence-electron chi connectivity index (χ0n) is 13.4. The van der Waals surface area contributed by atoms with Crippen LogP contribution >= 0.6 is 22.9 Å². The molecule has 3 rings (SSSR count). The smallest absolute Gasteiger partial charge is 0.273 e. The molecule has 1 aromatic heterocycles. The molecule has 1 aliphatic heterocycles. The Hall–Kier alpha value is -1.47. The first kappa shape index (κ1) is 17.4. The number of morpholine rings is 1. The van der Waals surface area contributed by atoms with E-state index in [2.05, 4.69) is 4.98 Å². The molecule has 1 aromatic carbocycles. The molecule has 2 N–H and O–H groups in total. The van der Waals surface area contributed by atoms with Gasteiger partial charge in [-0.1, -0.05) is 29.8 Å². The zero-order chi connectivity index (χ0) is 17.1. The lowest BCUT2D eigenvalue weighted by atomic mass is 10.1. The van der Waals surface area contributed by atoms with Crippen LogP contribution in [0.4, 0.5) is 0 Å². The molecule has 0 bridgehead atoms. The van der Waals surface area contributed by atoms with Crippen molar-refractivity contribution in [3.8, 4) is 0 Å². The molecule has 5 nitrogen and oxygen atoms in total. The van der Waals surface area contributed by atoms with E-state index in [-0.39, 0.29) is 18.1 Å². The lowest BCUT2D eigenvalue weighted by Crippen LogP contribution is -2.48. The van der Waals surface area contributed by atoms with Gasteiger partial charge in [0.05, 0.1) is 24.2 Å². The maximum atomic E-state index is 12.8. The van der Waals surface area contributed by atoms with Gasteiger partial charge in [0.25, 0.3) is 5.91 Å². The van der Waals surface area contributed by atoms with Gasteiger partial charge in [-0.2, -0.15) is 0 Å². The maximum absolute atomic E-state index is 12.8. The molecule has 2 aromatic rings. The summed E-state index contributed by atoms with van der Waals surface area (Å²) in [6, 6.07) is 7.58. The van der Waals surface area contributed by atoms with Crippen LogP contribution < -0.4 is 5.73 Å². The van der Waals surface area contributed by atoms with Crippen LogP contribution in [-0.4, -0.2) is 41.5 Å². The minimum Gasteiger partial charge on any atom is -0.369 e. The van der Waals surface area contributed by atoms with Crippen LogP contribution in [0.15, 0.2) is 29.6 Å².